The minimum Gasteiger partial charge on any atom is -0.493 e. The Morgan fingerprint density at radius 2 is 1.83 bits per heavy atom. The number of nitriles is 1. The van der Waals surface area contributed by atoms with Gasteiger partial charge in [0.15, 0.2) is 5.16 Å². The first kappa shape index (κ1) is 19.6. The third-order valence-corrected chi connectivity index (χ3v) is 5.88. The van der Waals surface area contributed by atoms with Crippen LogP contribution >= 0.6 is 23.4 Å². The fourth-order valence-corrected chi connectivity index (χ4v) is 4.22. The van der Waals surface area contributed by atoms with E-state index in [1.807, 2.05) is 28.8 Å². The predicted octanol–water partition coefficient (Wildman–Crippen LogP) is 4.56. The number of anilines is 1. The predicted molar refractivity (Wildman–Crippen MR) is 115 cm³/mol. The third kappa shape index (κ3) is 4.50. The molecule has 3 aromatic rings. The highest BCUT2D eigenvalue weighted by Crippen LogP contribution is 2.31. The number of thioether (sulfide) groups is 1. The topological polar surface area (TPSA) is 67.0 Å². The van der Waals surface area contributed by atoms with E-state index >= 15 is 0 Å². The molecule has 0 N–H and O–H groups in total. The van der Waals surface area contributed by atoms with E-state index in [1.54, 1.807) is 36.0 Å². The Hall–Kier alpha value is -2.69. The van der Waals surface area contributed by atoms with Crippen LogP contribution in [-0.2, 0) is 0 Å². The number of aromatic nitrogens is 3. The second kappa shape index (κ2) is 9.21. The third-order valence-electron chi connectivity index (χ3n) is 4.67. The van der Waals surface area contributed by atoms with E-state index < -0.39 is 0 Å². The monoisotopic (exact) mass is 425 g/mol. The summed E-state index contributed by atoms with van der Waals surface area (Å²) in [6.45, 7) is 2.48. The molecule has 29 heavy (non-hydrogen) atoms. The van der Waals surface area contributed by atoms with Gasteiger partial charge >= 0.3 is 0 Å². The zero-order chi connectivity index (χ0) is 20.1. The van der Waals surface area contributed by atoms with E-state index in [0.29, 0.717) is 22.9 Å². The van der Waals surface area contributed by atoms with Crippen LogP contribution in [0.3, 0.4) is 0 Å². The number of para-hydroxylation sites is 1. The number of hydrogen-bond acceptors (Lipinski definition) is 6. The second-order valence-corrected chi connectivity index (χ2v) is 8.07. The summed E-state index contributed by atoms with van der Waals surface area (Å²) in [6, 6.07) is 17.0. The minimum atomic E-state index is 0.519. The van der Waals surface area contributed by atoms with Crippen LogP contribution in [-0.4, -0.2) is 40.2 Å². The van der Waals surface area contributed by atoms with Crippen molar-refractivity contribution < 1.29 is 4.74 Å². The molecule has 1 aliphatic heterocycles. The van der Waals surface area contributed by atoms with E-state index in [9.17, 15) is 0 Å². The second-order valence-electron chi connectivity index (χ2n) is 6.60. The van der Waals surface area contributed by atoms with Gasteiger partial charge in [0.05, 0.1) is 28.9 Å². The summed E-state index contributed by atoms with van der Waals surface area (Å²) in [5.74, 6) is 2.30. The first-order valence-electron chi connectivity index (χ1n) is 9.47. The van der Waals surface area contributed by atoms with Gasteiger partial charge in [-0.2, -0.15) is 5.26 Å². The van der Waals surface area contributed by atoms with Crippen molar-refractivity contribution in [2.75, 3.05) is 30.3 Å². The lowest BCUT2D eigenvalue weighted by Crippen LogP contribution is -2.22. The van der Waals surface area contributed by atoms with Crippen molar-refractivity contribution in [3.05, 3.63) is 59.1 Å². The Bertz CT molecular complexity index is 1010. The normalized spacial score (nSPS) is 13.4. The largest absolute Gasteiger partial charge is 0.493 e. The maximum absolute atomic E-state index is 8.87. The van der Waals surface area contributed by atoms with Gasteiger partial charge in [-0.3, -0.25) is 4.57 Å². The highest BCUT2D eigenvalue weighted by Gasteiger charge is 2.23. The summed E-state index contributed by atoms with van der Waals surface area (Å²) < 4.78 is 7.82. The van der Waals surface area contributed by atoms with Crippen molar-refractivity contribution in [2.24, 2.45) is 0 Å². The minimum absolute atomic E-state index is 0.519. The lowest BCUT2D eigenvalue weighted by atomic mass is 10.2. The van der Waals surface area contributed by atoms with Gasteiger partial charge in [0.2, 0.25) is 5.95 Å². The SMILES string of the molecule is N#Cc1ccc(OCCSc2nnc(N3CCCC3)n2-c2ccccc2Cl)cc1. The van der Waals surface area contributed by atoms with Crippen molar-refractivity contribution in [2.45, 2.75) is 18.0 Å². The first-order chi connectivity index (χ1) is 14.3. The quantitative estimate of drug-likeness (QED) is 0.408. The summed E-state index contributed by atoms with van der Waals surface area (Å²) in [5, 5.41) is 19.2. The molecule has 8 heteroatoms. The molecule has 6 nitrogen and oxygen atoms in total. The molecule has 1 saturated heterocycles. The van der Waals surface area contributed by atoms with Crippen molar-refractivity contribution in [3.63, 3.8) is 0 Å². The molecule has 0 bridgehead atoms. The Morgan fingerprint density at radius 3 is 2.55 bits per heavy atom. The molecule has 0 atom stereocenters. The van der Waals surface area contributed by atoms with Crippen LogP contribution in [0.5, 0.6) is 5.75 Å². The van der Waals surface area contributed by atoms with Crippen LogP contribution in [0.1, 0.15) is 18.4 Å². The average molecular weight is 426 g/mol. The molecule has 4 rings (SSSR count). The highest BCUT2D eigenvalue weighted by atomic mass is 35.5. The van der Waals surface area contributed by atoms with Crippen molar-refractivity contribution in [3.8, 4) is 17.5 Å². The zero-order valence-electron chi connectivity index (χ0n) is 15.8. The Balaban J connectivity index is 1.48. The van der Waals surface area contributed by atoms with Gasteiger partial charge in [-0.1, -0.05) is 35.5 Å². The van der Waals surface area contributed by atoms with Crippen LogP contribution in [0, 0.1) is 11.3 Å². The molecule has 1 fully saturated rings. The molecule has 0 radical (unpaired) electrons. The molecule has 0 unspecified atom stereocenters. The number of nitrogens with zero attached hydrogens (tertiary/aromatic N) is 5. The van der Waals surface area contributed by atoms with E-state index in [0.717, 1.165) is 48.5 Å². The summed E-state index contributed by atoms with van der Waals surface area (Å²) >= 11 is 8.06. The molecule has 0 spiro atoms. The van der Waals surface area contributed by atoms with E-state index in [2.05, 4.69) is 21.2 Å². The molecular weight excluding hydrogens is 406 g/mol. The fraction of sp³-hybridized carbons (Fsp3) is 0.286. The lowest BCUT2D eigenvalue weighted by Gasteiger charge is -2.19. The summed E-state index contributed by atoms with van der Waals surface area (Å²) in [6.07, 6.45) is 2.33. The molecule has 148 valence electrons. The summed E-state index contributed by atoms with van der Waals surface area (Å²) in [7, 11) is 0. The number of benzene rings is 2. The van der Waals surface area contributed by atoms with Gasteiger partial charge in [0.25, 0.3) is 0 Å². The molecule has 2 heterocycles. The van der Waals surface area contributed by atoms with Gasteiger partial charge in [-0.25, -0.2) is 0 Å². The van der Waals surface area contributed by atoms with Gasteiger partial charge in [-0.15, -0.1) is 10.2 Å². The molecular formula is C21H20ClN5OS. The van der Waals surface area contributed by atoms with E-state index in [-0.39, 0.29) is 0 Å². The maximum Gasteiger partial charge on any atom is 0.232 e. The Labute approximate surface area is 179 Å². The summed E-state index contributed by atoms with van der Waals surface area (Å²) in [4.78, 5) is 2.26. The smallest absolute Gasteiger partial charge is 0.232 e. The van der Waals surface area contributed by atoms with Crippen LogP contribution in [0.2, 0.25) is 5.02 Å². The molecule has 1 aromatic heterocycles. The number of halogens is 1. The van der Waals surface area contributed by atoms with Crippen molar-refractivity contribution >= 4 is 29.3 Å². The van der Waals surface area contributed by atoms with Crippen LogP contribution in [0.15, 0.2) is 53.7 Å². The Morgan fingerprint density at radius 1 is 1.07 bits per heavy atom. The van der Waals surface area contributed by atoms with Gasteiger partial charge in [0.1, 0.15) is 5.75 Å². The number of rotatable bonds is 7. The van der Waals surface area contributed by atoms with Crippen molar-refractivity contribution in [1.29, 1.82) is 5.26 Å². The van der Waals surface area contributed by atoms with Crippen molar-refractivity contribution in [1.82, 2.24) is 14.8 Å². The van der Waals surface area contributed by atoms with E-state index in [1.165, 1.54) is 0 Å². The molecule has 0 aliphatic carbocycles. The maximum atomic E-state index is 8.87. The average Bonchev–Trinajstić information content (AvgIpc) is 3.42. The van der Waals surface area contributed by atoms with E-state index in [4.69, 9.17) is 21.6 Å². The molecule has 0 saturated carbocycles. The van der Waals surface area contributed by atoms with Crippen LogP contribution in [0.25, 0.3) is 5.69 Å². The van der Waals surface area contributed by atoms with Gasteiger partial charge in [0, 0.05) is 18.8 Å². The van der Waals surface area contributed by atoms with Gasteiger partial charge < -0.3 is 9.64 Å². The first-order valence-corrected chi connectivity index (χ1v) is 10.8. The summed E-state index contributed by atoms with van der Waals surface area (Å²) in [5.41, 5.74) is 1.51. The standard InChI is InChI=1S/C21H20ClN5OS/c22-18-5-1-2-6-19(18)27-20(26-11-3-4-12-26)24-25-21(27)29-14-13-28-17-9-7-16(15-23)8-10-17/h1-2,5-10H,3-4,11-14H2. The molecule has 0 amide bonds. The number of ether oxygens (including phenoxy) is 1. The number of hydrogen-bond donors (Lipinski definition) is 0. The fourth-order valence-electron chi connectivity index (χ4n) is 3.24. The van der Waals surface area contributed by atoms with Crippen LogP contribution in [0.4, 0.5) is 5.95 Å². The molecule has 1 aliphatic rings. The Kier molecular flexibility index (Phi) is 6.23. The van der Waals surface area contributed by atoms with Gasteiger partial charge in [-0.05, 0) is 49.2 Å². The highest BCUT2D eigenvalue weighted by molar-refractivity contribution is 7.99. The van der Waals surface area contributed by atoms with Crippen LogP contribution < -0.4 is 9.64 Å². The molecule has 2 aromatic carbocycles. The lowest BCUT2D eigenvalue weighted by molar-refractivity contribution is 0.344. The zero-order valence-corrected chi connectivity index (χ0v) is 17.4.